The van der Waals surface area contributed by atoms with Crippen LogP contribution >= 0.6 is 0 Å². The van der Waals surface area contributed by atoms with Crippen LogP contribution in [0.15, 0.2) is 23.5 Å². The smallest absolute Gasteiger partial charge is 0.423 e. The van der Waals surface area contributed by atoms with Gasteiger partial charge in [0.1, 0.15) is 0 Å². The maximum atomic E-state index is 12.0. The van der Waals surface area contributed by atoms with Gasteiger partial charge in [-0.05, 0) is 25.4 Å². The Morgan fingerprint density at radius 1 is 1.30 bits per heavy atom. The molecule has 2 N–H and O–H groups in total. The van der Waals surface area contributed by atoms with Gasteiger partial charge in [0.15, 0.2) is 0 Å². The third kappa shape index (κ3) is 4.29. The highest BCUT2D eigenvalue weighted by atomic mass is 19.1. The first kappa shape index (κ1) is 9.39. The van der Waals surface area contributed by atoms with Gasteiger partial charge in [-0.3, -0.25) is 0 Å². The molecule has 0 spiro atoms. The molecule has 4 heteroatoms. The lowest BCUT2D eigenvalue weighted by molar-refractivity contribution is 0.419. The fraction of sp³-hybridized carbons (Fsp3) is 0.333. The van der Waals surface area contributed by atoms with E-state index in [0.717, 1.165) is 0 Å². The van der Waals surface area contributed by atoms with Gasteiger partial charge in [0.05, 0.1) is 5.83 Å². The van der Waals surface area contributed by atoms with Gasteiger partial charge < -0.3 is 10.0 Å². The fourth-order valence-electron chi connectivity index (χ4n) is 0.332. The van der Waals surface area contributed by atoms with Crippen LogP contribution in [0.5, 0.6) is 0 Å². The van der Waals surface area contributed by atoms with Crippen molar-refractivity contribution >= 4 is 7.12 Å². The summed E-state index contributed by atoms with van der Waals surface area (Å²) in [6.45, 7) is 2.79. The zero-order valence-electron chi connectivity index (χ0n) is 6.00. The average molecular weight is 144 g/mol. The zero-order chi connectivity index (χ0) is 8.15. The molecule has 0 radical (unpaired) electrons. The Labute approximate surface area is 59.8 Å². The monoisotopic (exact) mass is 144 g/mol. The first-order valence-corrected chi connectivity index (χ1v) is 2.90. The molecule has 0 atom stereocenters. The molecule has 0 aliphatic rings. The van der Waals surface area contributed by atoms with E-state index in [9.17, 15) is 4.39 Å². The molecule has 56 valence electrons. The third-order valence-electron chi connectivity index (χ3n) is 0.983. The first-order chi connectivity index (χ1) is 4.54. The standard InChI is InChI=1S/C6H10BFO2/c1-5(7(9)10)3-4-6(2)8/h3-4,9-10H,1-2H3/b5-3+,6-4+. The van der Waals surface area contributed by atoms with Gasteiger partial charge in [0.2, 0.25) is 0 Å². The Hall–Kier alpha value is -0.605. The molecule has 0 aromatic rings. The van der Waals surface area contributed by atoms with E-state index in [4.69, 9.17) is 10.0 Å². The molecule has 0 amide bonds. The van der Waals surface area contributed by atoms with Crippen molar-refractivity contribution in [3.05, 3.63) is 23.5 Å². The maximum Gasteiger partial charge on any atom is 0.483 e. The van der Waals surface area contributed by atoms with Gasteiger partial charge in [-0.1, -0.05) is 6.08 Å². The number of hydrogen-bond acceptors (Lipinski definition) is 2. The van der Waals surface area contributed by atoms with E-state index in [1.165, 1.54) is 26.0 Å². The Balaban J connectivity index is 4.05. The second kappa shape index (κ2) is 4.25. The minimum absolute atomic E-state index is 0.317. The van der Waals surface area contributed by atoms with Crippen LogP contribution in [0.25, 0.3) is 0 Å². The molecule has 0 heterocycles. The van der Waals surface area contributed by atoms with Gasteiger partial charge in [-0.15, -0.1) is 0 Å². The van der Waals surface area contributed by atoms with Gasteiger partial charge in [-0.25, -0.2) is 4.39 Å². The van der Waals surface area contributed by atoms with Gasteiger partial charge in [0.25, 0.3) is 0 Å². The minimum Gasteiger partial charge on any atom is -0.423 e. The molecule has 0 saturated heterocycles. The van der Waals surface area contributed by atoms with Crippen LogP contribution in [-0.2, 0) is 0 Å². The number of hydrogen-bond donors (Lipinski definition) is 2. The Kier molecular flexibility index (Phi) is 3.99. The van der Waals surface area contributed by atoms with Crippen molar-refractivity contribution in [1.29, 1.82) is 0 Å². The van der Waals surface area contributed by atoms with Crippen LogP contribution in [0.4, 0.5) is 4.39 Å². The van der Waals surface area contributed by atoms with E-state index in [1.54, 1.807) is 0 Å². The summed E-state index contributed by atoms with van der Waals surface area (Å²) in [6, 6.07) is 0. The van der Waals surface area contributed by atoms with Gasteiger partial charge in [-0.2, -0.15) is 0 Å². The summed E-state index contributed by atoms with van der Waals surface area (Å²) in [5, 5.41) is 16.9. The second-order valence-corrected chi connectivity index (χ2v) is 2.04. The fourth-order valence-corrected chi connectivity index (χ4v) is 0.332. The van der Waals surface area contributed by atoms with E-state index in [-0.39, 0.29) is 5.83 Å². The molecular weight excluding hydrogens is 134 g/mol. The quantitative estimate of drug-likeness (QED) is 0.444. The number of rotatable bonds is 2. The van der Waals surface area contributed by atoms with Crippen LogP contribution in [0, 0.1) is 0 Å². The minimum atomic E-state index is -1.49. The molecule has 0 fully saturated rings. The van der Waals surface area contributed by atoms with Crippen molar-refractivity contribution in [3.63, 3.8) is 0 Å². The maximum absolute atomic E-state index is 12.0. The predicted octanol–water partition coefficient (Wildman–Crippen LogP) is 0.818. The largest absolute Gasteiger partial charge is 0.483 e. The van der Waals surface area contributed by atoms with Crippen LogP contribution in [-0.4, -0.2) is 17.2 Å². The van der Waals surface area contributed by atoms with Crippen molar-refractivity contribution in [2.75, 3.05) is 0 Å². The highest BCUT2D eigenvalue weighted by molar-refractivity contribution is 6.50. The second-order valence-electron chi connectivity index (χ2n) is 2.04. The molecule has 0 saturated carbocycles. The molecule has 0 aliphatic carbocycles. The van der Waals surface area contributed by atoms with Crippen LogP contribution in [0.3, 0.4) is 0 Å². The number of halogens is 1. The lowest BCUT2D eigenvalue weighted by Crippen LogP contribution is -2.12. The molecule has 0 aromatic carbocycles. The van der Waals surface area contributed by atoms with Crippen molar-refractivity contribution < 1.29 is 14.4 Å². The van der Waals surface area contributed by atoms with Crippen molar-refractivity contribution in [1.82, 2.24) is 0 Å². The highest BCUT2D eigenvalue weighted by Gasteiger charge is 2.06. The number of allylic oxidation sites excluding steroid dienone is 4. The van der Waals surface area contributed by atoms with E-state index in [2.05, 4.69) is 0 Å². The molecule has 0 unspecified atom stereocenters. The van der Waals surface area contributed by atoms with E-state index in [0.29, 0.717) is 5.47 Å². The normalized spacial score (nSPS) is 13.7. The predicted molar refractivity (Wildman–Crippen MR) is 38.8 cm³/mol. The summed E-state index contributed by atoms with van der Waals surface area (Å²) >= 11 is 0. The molecule has 0 aromatic heterocycles. The average Bonchev–Trinajstić information content (AvgIpc) is 1.82. The van der Waals surface area contributed by atoms with Crippen molar-refractivity contribution in [2.24, 2.45) is 0 Å². The molecule has 0 bridgehead atoms. The summed E-state index contributed by atoms with van der Waals surface area (Å²) in [4.78, 5) is 0. The summed E-state index contributed by atoms with van der Waals surface area (Å²) in [6.07, 6.45) is 2.49. The van der Waals surface area contributed by atoms with E-state index < -0.39 is 7.12 Å². The van der Waals surface area contributed by atoms with E-state index >= 15 is 0 Å². The molecule has 10 heavy (non-hydrogen) atoms. The van der Waals surface area contributed by atoms with Gasteiger partial charge >= 0.3 is 7.12 Å². The summed E-state index contributed by atoms with van der Waals surface area (Å²) in [7, 11) is -1.49. The Morgan fingerprint density at radius 2 is 1.80 bits per heavy atom. The van der Waals surface area contributed by atoms with Crippen LogP contribution in [0.1, 0.15) is 13.8 Å². The Bertz CT molecular complexity index is 159. The van der Waals surface area contributed by atoms with Crippen LogP contribution in [0.2, 0.25) is 0 Å². The van der Waals surface area contributed by atoms with Gasteiger partial charge in [0, 0.05) is 0 Å². The topological polar surface area (TPSA) is 40.5 Å². The van der Waals surface area contributed by atoms with Crippen molar-refractivity contribution in [3.8, 4) is 0 Å². The van der Waals surface area contributed by atoms with Crippen LogP contribution < -0.4 is 0 Å². The lowest BCUT2D eigenvalue weighted by atomic mass is 9.80. The molecule has 0 aliphatic heterocycles. The third-order valence-corrected chi connectivity index (χ3v) is 0.983. The summed E-state index contributed by atoms with van der Waals surface area (Å²) in [5.41, 5.74) is 0.317. The van der Waals surface area contributed by atoms with Crippen molar-refractivity contribution in [2.45, 2.75) is 13.8 Å². The SMILES string of the molecule is C/C(=C\C=C(/C)F)B(O)O. The lowest BCUT2D eigenvalue weighted by Gasteiger charge is -1.93. The summed E-state index contributed by atoms with van der Waals surface area (Å²) in [5.74, 6) is -0.361. The summed E-state index contributed by atoms with van der Waals surface area (Å²) < 4.78 is 12.0. The zero-order valence-corrected chi connectivity index (χ0v) is 6.00. The first-order valence-electron chi connectivity index (χ1n) is 2.90. The highest BCUT2D eigenvalue weighted by Crippen LogP contribution is 1.98. The Morgan fingerprint density at radius 3 is 2.10 bits per heavy atom. The molecular formula is C6H10BFO2. The molecule has 0 rings (SSSR count). The molecule has 2 nitrogen and oxygen atoms in total. The van der Waals surface area contributed by atoms with E-state index in [1.807, 2.05) is 0 Å².